The van der Waals surface area contributed by atoms with Gasteiger partial charge in [-0.1, -0.05) is 18.2 Å². The zero-order chi connectivity index (χ0) is 15.5. The maximum Gasteiger partial charge on any atom is 0.242 e. The highest BCUT2D eigenvalue weighted by Gasteiger charge is 2.20. The van der Waals surface area contributed by atoms with Crippen molar-refractivity contribution in [2.75, 3.05) is 7.11 Å². The number of hydrogen-bond acceptors (Lipinski definition) is 5. The molecule has 0 fully saturated rings. The number of rotatable bonds is 6. The molecule has 0 saturated carbocycles. The van der Waals surface area contributed by atoms with E-state index in [0.717, 1.165) is 10.4 Å². The summed E-state index contributed by atoms with van der Waals surface area (Å²) in [5.41, 5.74) is 6.31. The number of thiophene rings is 1. The van der Waals surface area contributed by atoms with Gasteiger partial charge in [0.2, 0.25) is 10.0 Å². The molecular weight excluding hydrogens is 376 g/mol. The largest absolute Gasteiger partial charge is 0.496 e. The number of para-hydroxylation sites is 1. The molecular formula is C13H15BrN2O3S2. The molecule has 0 amide bonds. The van der Waals surface area contributed by atoms with E-state index in [9.17, 15) is 8.42 Å². The number of halogens is 1. The summed E-state index contributed by atoms with van der Waals surface area (Å²) in [6.07, 6.45) is 0. The first-order valence-electron chi connectivity index (χ1n) is 6.07. The average Bonchev–Trinajstić information content (AvgIpc) is 2.87. The van der Waals surface area contributed by atoms with E-state index in [1.54, 1.807) is 19.2 Å². The first-order chi connectivity index (χ1) is 9.97. The van der Waals surface area contributed by atoms with E-state index in [1.807, 2.05) is 18.2 Å². The molecule has 0 aliphatic heterocycles. The Labute approximate surface area is 136 Å². The van der Waals surface area contributed by atoms with Crippen molar-refractivity contribution < 1.29 is 13.2 Å². The van der Waals surface area contributed by atoms with Crippen molar-refractivity contribution in [3.8, 4) is 5.75 Å². The summed E-state index contributed by atoms with van der Waals surface area (Å²) in [6.45, 7) is 0.470. The monoisotopic (exact) mass is 390 g/mol. The van der Waals surface area contributed by atoms with Gasteiger partial charge in [-0.25, -0.2) is 13.1 Å². The van der Waals surface area contributed by atoms with E-state index in [-0.39, 0.29) is 11.4 Å². The Hall–Kier alpha value is -0.930. The van der Waals surface area contributed by atoms with Crippen molar-refractivity contribution in [3.05, 3.63) is 44.6 Å². The topological polar surface area (TPSA) is 81.4 Å². The third-order valence-corrected chi connectivity index (χ3v) is 6.52. The van der Waals surface area contributed by atoms with Crippen LogP contribution in [0.2, 0.25) is 0 Å². The number of nitrogens with two attached hydrogens (primary N) is 1. The van der Waals surface area contributed by atoms with Gasteiger partial charge in [0.25, 0.3) is 0 Å². The Balaban J connectivity index is 2.20. The number of benzene rings is 1. The Kier molecular flexibility index (Phi) is 5.39. The van der Waals surface area contributed by atoms with Gasteiger partial charge in [0.05, 0.1) is 10.9 Å². The zero-order valence-electron chi connectivity index (χ0n) is 11.3. The van der Waals surface area contributed by atoms with Gasteiger partial charge >= 0.3 is 0 Å². The minimum Gasteiger partial charge on any atom is -0.496 e. The van der Waals surface area contributed by atoms with E-state index < -0.39 is 10.0 Å². The van der Waals surface area contributed by atoms with Crippen molar-refractivity contribution in [1.82, 2.24) is 4.72 Å². The molecule has 1 aromatic carbocycles. The molecule has 0 spiro atoms. The lowest BCUT2D eigenvalue weighted by molar-refractivity contribution is 0.409. The Morgan fingerprint density at radius 2 is 2.10 bits per heavy atom. The Morgan fingerprint density at radius 1 is 1.38 bits per heavy atom. The fraction of sp³-hybridized carbons (Fsp3) is 0.231. The normalized spacial score (nSPS) is 11.6. The molecule has 0 saturated heterocycles. The Morgan fingerprint density at radius 3 is 2.71 bits per heavy atom. The summed E-state index contributed by atoms with van der Waals surface area (Å²) < 4.78 is 33.0. The fourth-order valence-corrected chi connectivity index (χ4v) is 5.35. The fourth-order valence-electron chi connectivity index (χ4n) is 1.78. The molecule has 3 N–H and O–H groups in total. The standard InChI is InChI=1S/C13H15BrN2O3S2/c1-19-11-5-3-2-4-9(11)8-16-21(17,18)12-6-10(7-15)20-13(12)14/h2-6,16H,7-8,15H2,1H3. The smallest absolute Gasteiger partial charge is 0.242 e. The number of methoxy groups -OCH3 is 1. The molecule has 0 bridgehead atoms. The summed E-state index contributed by atoms with van der Waals surface area (Å²) in [7, 11) is -2.05. The van der Waals surface area contributed by atoms with Crippen molar-refractivity contribution in [1.29, 1.82) is 0 Å². The first kappa shape index (κ1) is 16.4. The highest BCUT2D eigenvalue weighted by Crippen LogP contribution is 2.31. The molecule has 1 aromatic heterocycles. The van der Waals surface area contributed by atoms with Gasteiger partial charge in [0, 0.05) is 23.5 Å². The van der Waals surface area contributed by atoms with Crippen LogP contribution in [0, 0.1) is 0 Å². The van der Waals surface area contributed by atoms with Crippen LogP contribution < -0.4 is 15.2 Å². The van der Waals surface area contributed by atoms with E-state index >= 15 is 0 Å². The van der Waals surface area contributed by atoms with E-state index in [0.29, 0.717) is 16.1 Å². The van der Waals surface area contributed by atoms with Crippen LogP contribution in [0.25, 0.3) is 0 Å². The van der Waals surface area contributed by atoms with Crippen molar-refractivity contribution in [2.24, 2.45) is 5.73 Å². The molecule has 5 nitrogen and oxygen atoms in total. The zero-order valence-corrected chi connectivity index (χ0v) is 14.5. The molecule has 0 unspecified atom stereocenters. The van der Waals surface area contributed by atoms with Gasteiger partial charge in [-0.05, 0) is 28.1 Å². The Bertz CT molecular complexity index is 729. The molecule has 2 aromatic rings. The quantitative estimate of drug-likeness (QED) is 0.793. The third kappa shape index (κ3) is 3.83. The van der Waals surface area contributed by atoms with Crippen LogP contribution in [-0.2, 0) is 23.1 Å². The van der Waals surface area contributed by atoms with Gasteiger partial charge < -0.3 is 10.5 Å². The van der Waals surface area contributed by atoms with Crippen molar-refractivity contribution >= 4 is 37.3 Å². The maximum atomic E-state index is 12.3. The number of hydrogen-bond donors (Lipinski definition) is 2. The van der Waals surface area contributed by atoms with Crippen molar-refractivity contribution in [3.63, 3.8) is 0 Å². The molecule has 0 aliphatic carbocycles. The van der Waals surface area contributed by atoms with Gasteiger partial charge in [-0.2, -0.15) is 0 Å². The minimum absolute atomic E-state index is 0.159. The molecule has 2 rings (SSSR count). The predicted octanol–water partition coefficient (Wildman–Crippen LogP) is 2.46. The summed E-state index contributed by atoms with van der Waals surface area (Å²) in [5, 5.41) is 0. The summed E-state index contributed by atoms with van der Waals surface area (Å²) >= 11 is 4.59. The minimum atomic E-state index is -3.60. The van der Waals surface area contributed by atoms with Crippen LogP contribution >= 0.6 is 27.3 Å². The van der Waals surface area contributed by atoms with Crippen molar-refractivity contribution in [2.45, 2.75) is 18.0 Å². The van der Waals surface area contributed by atoms with E-state index in [2.05, 4.69) is 20.7 Å². The second-order valence-electron chi connectivity index (χ2n) is 4.19. The van der Waals surface area contributed by atoms with Gasteiger partial charge in [0.1, 0.15) is 10.6 Å². The van der Waals surface area contributed by atoms with Crippen LogP contribution in [0.3, 0.4) is 0 Å². The molecule has 1 heterocycles. The second-order valence-corrected chi connectivity index (χ2v) is 8.38. The molecule has 0 aliphatic rings. The third-order valence-electron chi connectivity index (χ3n) is 2.84. The lowest BCUT2D eigenvalue weighted by Crippen LogP contribution is -2.23. The van der Waals surface area contributed by atoms with Crippen LogP contribution in [-0.4, -0.2) is 15.5 Å². The maximum absolute atomic E-state index is 12.3. The van der Waals surface area contributed by atoms with Gasteiger partial charge in [-0.3, -0.25) is 0 Å². The van der Waals surface area contributed by atoms with Crippen LogP contribution in [0.15, 0.2) is 39.0 Å². The highest BCUT2D eigenvalue weighted by atomic mass is 79.9. The number of sulfonamides is 1. The van der Waals surface area contributed by atoms with Crippen LogP contribution in [0.1, 0.15) is 10.4 Å². The second kappa shape index (κ2) is 6.89. The summed E-state index contributed by atoms with van der Waals surface area (Å²) in [6, 6.07) is 8.85. The van der Waals surface area contributed by atoms with Crippen LogP contribution in [0.5, 0.6) is 5.75 Å². The number of nitrogens with one attached hydrogen (secondary N) is 1. The molecule has 114 valence electrons. The lowest BCUT2D eigenvalue weighted by Gasteiger charge is -2.09. The highest BCUT2D eigenvalue weighted by molar-refractivity contribution is 9.11. The lowest BCUT2D eigenvalue weighted by atomic mass is 10.2. The molecule has 0 atom stereocenters. The van der Waals surface area contributed by atoms with E-state index in [1.165, 1.54) is 11.3 Å². The van der Waals surface area contributed by atoms with Gasteiger partial charge in [0.15, 0.2) is 0 Å². The SMILES string of the molecule is COc1ccccc1CNS(=O)(=O)c1cc(CN)sc1Br. The predicted molar refractivity (Wildman–Crippen MR) is 86.9 cm³/mol. The average molecular weight is 391 g/mol. The molecule has 21 heavy (non-hydrogen) atoms. The van der Waals surface area contributed by atoms with E-state index in [4.69, 9.17) is 10.5 Å². The van der Waals surface area contributed by atoms with Crippen LogP contribution in [0.4, 0.5) is 0 Å². The first-order valence-corrected chi connectivity index (χ1v) is 9.17. The summed E-state index contributed by atoms with van der Waals surface area (Å²) in [5.74, 6) is 0.646. The number of ether oxygens (including phenoxy) is 1. The molecule has 0 radical (unpaired) electrons. The summed E-state index contributed by atoms with van der Waals surface area (Å²) in [4.78, 5) is 1.02. The van der Waals surface area contributed by atoms with Gasteiger partial charge in [-0.15, -0.1) is 11.3 Å². The molecule has 8 heteroatoms.